The van der Waals surface area contributed by atoms with Crippen molar-refractivity contribution in [2.45, 2.75) is 38.6 Å². The molecule has 1 aliphatic heterocycles. The van der Waals surface area contributed by atoms with E-state index in [9.17, 15) is 9.59 Å². The zero-order valence-electron chi connectivity index (χ0n) is 11.2. The third-order valence-corrected chi connectivity index (χ3v) is 4.36. The molecule has 19 heavy (non-hydrogen) atoms. The summed E-state index contributed by atoms with van der Waals surface area (Å²) >= 11 is 1.70. The van der Waals surface area contributed by atoms with Crippen LogP contribution in [-0.4, -0.2) is 35.8 Å². The van der Waals surface area contributed by atoms with E-state index >= 15 is 0 Å². The van der Waals surface area contributed by atoms with Crippen LogP contribution < -0.4 is 5.32 Å². The molecule has 2 rings (SSSR count). The van der Waals surface area contributed by atoms with Gasteiger partial charge in [-0.25, -0.2) is 0 Å². The van der Waals surface area contributed by atoms with E-state index in [1.807, 2.05) is 16.3 Å². The van der Waals surface area contributed by atoms with E-state index in [-0.39, 0.29) is 17.9 Å². The number of nitrogens with zero attached hydrogens (tertiary/aromatic N) is 1. The molecule has 2 heterocycles. The van der Waals surface area contributed by atoms with Crippen LogP contribution in [0, 0.1) is 0 Å². The summed E-state index contributed by atoms with van der Waals surface area (Å²) in [5.41, 5.74) is 0. The van der Waals surface area contributed by atoms with E-state index in [4.69, 9.17) is 0 Å². The van der Waals surface area contributed by atoms with Gasteiger partial charge in [0.2, 0.25) is 11.8 Å². The Morgan fingerprint density at radius 1 is 1.42 bits per heavy atom. The fourth-order valence-electron chi connectivity index (χ4n) is 2.40. The van der Waals surface area contributed by atoms with Crippen LogP contribution in [0.3, 0.4) is 0 Å². The lowest BCUT2D eigenvalue weighted by atomic mass is 10.0. The molecule has 1 N–H and O–H groups in total. The van der Waals surface area contributed by atoms with Gasteiger partial charge < -0.3 is 10.2 Å². The normalized spacial score (nSPS) is 16.4. The Hall–Kier alpha value is -1.36. The van der Waals surface area contributed by atoms with Crippen LogP contribution in [0.2, 0.25) is 0 Å². The number of hydrogen-bond acceptors (Lipinski definition) is 3. The van der Waals surface area contributed by atoms with Gasteiger partial charge in [-0.1, -0.05) is 6.07 Å². The molecule has 0 aliphatic carbocycles. The van der Waals surface area contributed by atoms with Crippen LogP contribution in [0.1, 0.15) is 31.1 Å². The SMILES string of the molecule is CC(=O)NC1CCN(C(=O)CCc2cccs2)CC1. The second-order valence-electron chi connectivity index (χ2n) is 4.93. The number of carbonyl (C=O) groups excluding carboxylic acids is 2. The minimum atomic E-state index is 0.0162. The second kappa shape index (κ2) is 6.70. The lowest BCUT2D eigenvalue weighted by Crippen LogP contribution is -2.46. The van der Waals surface area contributed by atoms with Gasteiger partial charge in [-0.05, 0) is 30.7 Å². The van der Waals surface area contributed by atoms with E-state index in [0.29, 0.717) is 6.42 Å². The average Bonchev–Trinajstić information content (AvgIpc) is 2.89. The Morgan fingerprint density at radius 2 is 2.16 bits per heavy atom. The first-order valence-corrected chi connectivity index (χ1v) is 7.60. The van der Waals surface area contributed by atoms with Gasteiger partial charge in [-0.15, -0.1) is 11.3 Å². The van der Waals surface area contributed by atoms with E-state index in [2.05, 4.69) is 11.4 Å². The molecular weight excluding hydrogens is 260 g/mol. The van der Waals surface area contributed by atoms with Crippen molar-refractivity contribution in [3.8, 4) is 0 Å². The molecule has 104 valence electrons. The fourth-order valence-corrected chi connectivity index (χ4v) is 3.11. The highest BCUT2D eigenvalue weighted by molar-refractivity contribution is 7.09. The summed E-state index contributed by atoms with van der Waals surface area (Å²) in [5.74, 6) is 0.247. The number of rotatable bonds is 4. The summed E-state index contributed by atoms with van der Waals surface area (Å²) in [7, 11) is 0. The highest BCUT2D eigenvalue weighted by Gasteiger charge is 2.22. The van der Waals surface area contributed by atoms with Gasteiger partial charge in [0.25, 0.3) is 0 Å². The standard InChI is InChI=1S/C14H20N2O2S/c1-11(17)15-12-6-8-16(9-7-12)14(18)5-4-13-3-2-10-19-13/h2-3,10,12H,4-9H2,1H3,(H,15,17). The maximum absolute atomic E-state index is 12.1. The smallest absolute Gasteiger partial charge is 0.222 e. The molecule has 0 unspecified atom stereocenters. The summed E-state index contributed by atoms with van der Waals surface area (Å²) < 4.78 is 0. The maximum Gasteiger partial charge on any atom is 0.222 e. The monoisotopic (exact) mass is 280 g/mol. The molecule has 0 bridgehead atoms. The van der Waals surface area contributed by atoms with Crippen molar-refractivity contribution < 1.29 is 9.59 Å². The molecule has 0 aromatic carbocycles. The molecule has 0 radical (unpaired) electrons. The van der Waals surface area contributed by atoms with Crippen molar-refractivity contribution in [3.05, 3.63) is 22.4 Å². The number of hydrogen-bond donors (Lipinski definition) is 1. The third-order valence-electron chi connectivity index (χ3n) is 3.42. The lowest BCUT2D eigenvalue weighted by Gasteiger charge is -2.32. The van der Waals surface area contributed by atoms with E-state index < -0.39 is 0 Å². The largest absolute Gasteiger partial charge is 0.353 e. The van der Waals surface area contributed by atoms with Crippen LogP contribution in [0.4, 0.5) is 0 Å². The predicted octanol–water partition coefficient (Wildman–Crippen LogP) is 1.81. The molecule has 5 heteroatoms. The zero-order valence-corrected chi connectivity index (χ0v) is 12.0. The van der Waals surface area contributed by atoms with Gasteiger partial charge in [-0.2, -0.15) is 0 Å². The van der Waals surface area contributed by atoms with Crippen LogP contribution in [0.25, 0.3) is 0 Å². The van der Waals surface area contributed by atoms with Crippen molar-refractivity contribution in [2.24, 2.45) is 0 Å². The molecule has 4 nitrogen and oxygen atoms in total. The first kappa shape index (κ1) is 14.1. The number of likely N-dealkylation sites (tertiary alicyclic amines) is 1. The molecular formula is C14H20N2O2S. The summed E-state index contributed by atoms with van der Waals surface area (Å²) in [6.45, 7) is 3.06. The molecule has 1 saturated heterocycles. The van der Waals surface area contributed by atoms with Gasteiger partial charge in [0.1, 0.15) is 0 Å². The number of nitrogens with one attached hydrogen (secondary N) is 1. The summed E-state index contributed by atoms with van der Waals surface area (Å²) in [6, 6.07) is 4.32. The molecule has 0 saturated carbocycles. The Bertz CT molecular complexity index is 423. The Kier molecular flexibility index (Phi) is 4.96. The Balaban J connectivity index is 1.71. The first-order chi connectivity index (χ1) is 9.15. The first-order valence-electron chi connectivity index (χ1n) is 6.72. The minimum absolute atomic E-state index is 0.0162. The molecule has 1 aromatic heterocycles. The third kappa shape index (κ3) is 4.35. The fraction of sp³-hybridized carbons (Fsp3) is 0.571. The Morgan fingerprint density at radius 3 is 2.74 bits per heavy atom. The molecule has 1 aliphatic rings. The number of aryl methyl sites for hydroxylation is 1. The van der Waals surface area contributed by atoms with E-state index in [1.165, 1.54) is 4.88 Å². The van der Waals surface area contributed by atoms with Gasteiger partial charge in [-0.3, -0.25) is 9.59 Å². The van der Waals surface area contributed by atoms with E-state index in [1.54, 1.807) is 18.3 Å². The molecule has 1 fully saturated rings. The van der Waals surface area contributed by atoms with Crippen LogP contribution in [0.5, 0.6) is 0 Å². The average molecular weight is 280 g/mol. The molecule has 0 atom stereocenters. The van der Waals surface area contributed by atoms with Crippen molar-refractivity contribution in [1.82, 2.24) is 10.2 Å². The minimum Gasteiger partial charge on any atom is -0.353 e. The van der Waals surface area contributed by atoms with Gasteiger partial charge >= 0.3 is 0 Å². The van der Waals surface area contributed by atoms with Crippen LogP contribution in [0.15, 0.2) is 17.5 Å². The maximum atomic E-state index is 12.1. The number of amides is 2. The Labute approximate surface area is 117 Å². The second-order valence-corrected chi connectivity index (χ2v) is 5.97. The van der Waals surface area contributed by atoms with Gasteiger partial charge in [0, 0.05) is 37.4 Å². The van der Waals surface area contributed by atoms with E-state index in [0.717, 1.165) is 32.4 Å². The van der Waals surface area contributed by atoms with Crippen molar-refractivity contribution in [1.29, 1.82) is 0 Å². The quantitative estimate of drug-likeness (QED) is 0.914. The van der Waals surface area contributed by atoms with Crippen molar-refractivity contribution >= 4 is 23.2 Å². The number of carbonyl (C=O) groups is 2. The lowest BCUT2D eigenvalue weighted by molar-refractivity contribution is -0.132. The predicted molar refractivity (Wildman–Crippen MR) is 76.1 cm³/mol. The van der Waals surface area contributed by atoms with Crippen LogP contribution >= 0.6 is 11.3 Å². The van der Waals surface area contributed by atoms with Crippen molar-refractivity contribution in [2.75, 3.05) is 13.1 Å². The molecule has 2 amide bonds. The van der Waals surface area contributed by atoms with Crippen molar-refractivity contribution in [3.63, 3.8) is 0 Å². The number of thiophene rings is 1. The molecule has 0 spiro atoms. The highest BCUT2D eigenvalue weighted by atomic mass is 32.1. The topological polar surface area (TPSA) is 49.4 Å². The zero-order chi connectivity index (χ0) is 13.7. The number of piperidine rings is 1. The molecule has 1 aromatic rings. The summed E-state index contributed by atoms with van der Waals surface area (Å²) in [5, 5.41) is 4.96. The summed E-state index contributed by atoms with van der Waals surface area (Å²) in [6.07, 6.45) is 3.15. The van der Waals surface area contributed by atoms with Gasteiger partial charge in [0.15, 0.2) is 0 Å². The van der Waals surface area contributed by atoms with Gasteiger partial charge in [0.05, 0.1) is 0 Å². The summed E-state index contributed by atoms with van der Waals surface area (Å²) in [4.78, 5) is 26.2. The highest BCUT2D eigenvalue weighted by Crippen LogP contribution is 2.15. The van der Waals surface area contributed by atoms with Crippen LogP contribution in [-0.2, 0) is 16.0 Å².